The van der Waals surface area contributed by atoms with E-state index < -0.39 is 5.60 Å². The van der Waals surface area contributed by atoms with Crippen molar-refractivity contribution in [3.05, 3.63) is 35.9 Å². The SMILES string of the molecule is CC(C)(C)OC(=O)N1CCC2(CCN(C(=O)OCc3ccccc3)CC2CN)CC1. The van der Waals surface area contributed by atoms with Crippen LogP contribution in [-0.2, 0) is 16.1 Å². The fraction of sp³-hybridized carbons (Fsp3) is 0.652. The van der Waals surface area contributed by atoms with Gasteiger partial charge < -0.3 is 25.0 Å². The summed E-state index contributed by atoms with van der Waals surface area (Å²) in [5.41, 5.74) is 6.69. The predicted molar refractivity (Wildman–Crippen MR) is 115 cm³/mol. The van der Waals surface area contributed by atoms with Crippen molar-refractivity contribution in [2.75, 3.05) is 32.7 Å². The predicted octanol–water partition coefficient (Wildman–Crippen LogP) is 3.62. The van der Waals surface area contributed by atoms with E-state index in [2.05, 4.69) is 0 Å². The lowest BCUT2D eigenvalue weighted by molar-refractivity contribution is -0.0272. The summed E-state index contributed by atoms with van der Waals surface area (Å²) < 4.78 is 11.0. The van der Waals surface area contributed by atoms with Gasteiger partial charge in [-0.2, -0.15) is 0 Å². The van der Waals surface area contributed by atoms with Crippen LogP contribution in [0.2, 0.25) is 0 Å². The molecular formula is C23H35N3O4. The number of nitrogens with two attached hydrogens (primary N) is 1. The first-order chi connectivity index (χ1) is 14.2. The minimum Gasteiger partial charge on any atom is -0.445 e. The Balaban J connectivity index is 1.53. The molecule has 7 nitrogen and oxygen atoms in total. The Morgan fingerprint density at radius 3 is 2.20 bits per heavy atom. The van der Waals surface area contributed by atoms with Crippen molar-refractivity contribution in [3.8, 4) is 0 Å². The van der Waals surface area contributed by atoms with Crippen molar-refractivity contribution < 1.29 is 19.1 Å². The van der Waals surface area contributed by atoms with E-state index >= 15 is 0 Å². The number of amides is 2. The normalized spacial score (nSPS) is 21.4. The molecule has 7 heteroatoms. The molecule has 1 aromatic carbocycles. The van der Waals surface area contributed by atoms with Crippen molar-refractivity contribution in [2.24, 2.45) is 17.1 Å². The van der Waals surface area contributed by atoms with Gasteiger partial charge in [-0.15, -0.1) is 0 Å². The van der Waals surface area contributed by atoms with Crippen LogP contribution in [0.15, 0.2) is 30.3 Å². The highest BCUT2D eigenvalue weighted by molar-refractivity contribution is 5.68. The molecule has 2 fully saturated rings. The van der Waals surface area contributed by atoms with E-state index in [4.69, 9.17) is 15.2 Å². The third kappa shape index (κ3) is 5.45. The molecule has 3 rings (SSSR count). The minimum absolute atomic E-state index is 0.0729. The van der Waals surface area contributed by atoms with Gasteiger partial charge in [0, 0.05) is 26.2 Å². The smallest absolute Gasteiger partial charge is 0.410 e. The van der Waals surface area contributed by atoms with Crippen LogP contribution < -0.4 is 5.73 Å². The van der Waals surface area contributed by atoms with Gasteiger partial charge in [-0.3, -0.25) is 0 Å². The molecule has 0 bridgehead atoms. The van der Waals surface area contributed by atoms with Gasteiger partial charge in [0.25, 0.3) is 0 Å². The van der Waals surface area contributed by atoms with Gasteiger partial charge in [0.05, 0.1) is 0 Å². The van der Waals surface area contributed by atoms with E-state index in [0.29, 0.717) is 32.7 Å². The standard InChI is InChI=1S/C23H35N3O4/c1-22(2,3)30-21(28)25-12-9-23(10-13-25)11-14-26(16-19(23)15-24)20(27)29-17-18-7-5-4-6-8-18/h4-8,19H,9-17,24H2,1-3H3. The maximum atomic E-state index is 12.6. The van der Waals surface area contributed by atoms with E-state index in [0.717, 1.165) is 24.8 Å². The summed E-state index contributed by atoms with van der Waals surface area (Å²) in [5.74, 6) is 0.205. The van der Waals surface area contributed by atoms with Crippen LogP contribution >= 0.6 is 0 Å². The molecule has 2 saturated heterocycles. The van der Waals surface area contributed by atoms with Crippen molar-refractivity contribution in [2.45, 2.75) is 52.2 Å². The van der Waals surface area contributed by atoms with Gasteiger partial charge in [-0.05, 0) is 63.5 Å². The molecule has 2 heterocycles. The van der Waals surface area contributed by atoms with Gasteiger partial charge in [0.2, 0.25) is 0 Å². The number of likely N-dealkylation sites (tertiary alicyclic amines) is 2. The van der Waals surface area contributed by atoms with Gasteiger partial charge in [0.1, 0.15) is 12.2 Å². The van der Waals surface area contributed by atoms with Crippen LogP contribution in [0.3, 0.4) is 0 Å². The molecule has 0 aliphatic carbocycles. The third-order valence-electron chi connectivity index (χ3n) is 6.35. The second-order valence-corrected chi connectivity index (χ2v) is 9.50. The van der Waals surface area contributed by atoms with Crippen LogP contribution in [-0.4, -0.2) is 60.3 Å². The molecule has 1 spiro atoms. The molecule has 30 heavy (non-hydrogen) atoms. The fourth-order valence-corrected chi connectivity index (χ4v) is 4.53. The lowest BCUT2D eigenvalue weighted by Crippen LogP contribution is -2.56. The Labute approximate surface area is 179 Å². The van der Waals surface area contributed by atoms with Crippen molar-refractivity contribution in [3.63, 3.8) is 0 Å². The number of nitrogens with zero attached hydrogens (tertiary/aromatic N) is 2. The molecular weight excluding hydrogens is 382 g/mol. The van der Waals surface area contributed by atoms with E-state index in [1.54, 1.807) is 9.80 Å². The molecule has 0 radical (unpaired) electrons. The Hall–Kier alpha value is -2.28. The first-order valence-corrected chi connectivity index (χ1v) is 10.9. The Morgan fingerprint density at radius 1 is 1.03 bits per heavy atom. The quantitative estimate of drug-likeness (QED) is 0.812. The summed E-state index contributed by atoms with van der Waals surface area (Å²) >= 11 is 0. The van der Waals surface area contributed by atoms with Gasteiger partial charge >= 0.3 is 12.2 Å². The van der Waals surface area contributed by atoms with E-state index in [1.165, 1.54) is 0 Å². The first kappa shape index (κ1) is 22.4. The number of hydrogen-bond acceptors (Lipinski definition) is 5. The Bertz CT molecular complexity index is 724. The zero-order chi connectivity index (χ0) is 21.8. The molecule has 1 atom stereocenters. The van der Waals surface area contributed by atoms with Crippen molar-refractivity contribution >= 4 is 12.2 Å². The lowest BCUT2D eigenvalue weighted by Gasteiger charge is -2.51. The number of ether oxygens (including phenoxy) is 2. The number of benzene rings is 1. The van der Waals surface area contributed by atoms with Crippen LogP contribution in [0.4, 0.5) is 9.59 Å². The number of piperidine rings is 2. The highest BCUT2D eigenvalue weighted by Gasteiger charge is 2.46. The van der Waals surface area contributed by atoms with Crippen molar-refractivity contribution in [1.82, 2.24) is 9.80 Å². The molecule has 1 unspecified atom stereocenters. The van der Waals surface area contributed by atoms with E-state index in [-0.39, 0.29) is 30.1 Å². The minimum atomic E-state index is -0.489. The second kappa shape index (κ2) is 9.25. The largest absolute Gasteiger partial charge is 0.445 e. The fourth-order valence-electron chi connectivity index (χ4n) is 4.53. The molecule has 2 aliphatic heterocycles. The zero-order valence-electron chi connectivity index (χ0n) is 18.4. The summed E-state index contributed by atoms with van der Waals surface area (Å²) in [4.78, 5) is 28.5. The number of hydrogen-bond donors (Lipinski definition) is 1. The van der Waals surface area contributed by atoms with E-state index in [1.807, 2.05) is 51.1 Å². The molecule has 2 N–H and O–H groups in total. The van der Waals surface area contributed by atoms with Crippen LogP contribution in [0.5, 0.6) is 0 Å². The summed E-state index contributed by atoms with van der Waals surface area (Å²) in [6, 6.07) is 9.69. The average molecular weight is 418 g/mol. The second-order valence-electron chi connectivity index (χ2n) is 9.50. The van der Waals surface area contributed by atoms with Crippen molar-refractivity contribution in [1.29, 1.82) is 0 Å². The lowest BCUT2D eigenvalue weighted by atomic mass is 9.64. The summed E-state index contributed by atoms with van der Waals surface area (Å²) in [6.07, 6.45) is 2.14. The molecule has 1 aromatic rings. The van der Waals surface area contributed by atoms with E-state index in [9.17, 15) is 9.59 Å². The summed E-state index contributed by atoms with van der Waals surface area (Å²) in [6.45, 7) is 9.06. The monoisotopic (exact) mass is 417 g/mol. The molecule has 0 aromatic heterocycles. The maximum Gasteiger partial charge on any atom is 0.410 e. The molecule has 2 aliphatic rings. The summed E-state index contributed by atoms with van der Waals surface area (Å²) in [5, 5.41) is 0. The Kier molecular flexibility index (Phi) is 6.91. The Morgan fingerprint density at radius 2 is 1.63 bits per heavy atom. The van der Waals surface area contributed by atoms with Crippen LogP contribution in [0, 0.1) is 11.3 Å². The first-order valence-electron chi connectivity index (χ1n) is 10.9. The topological polar surface area (TPSA) is 85.1 Å². The van der Waals surface area contributed by atoms with Crippen LogP contribution in [0.25, 0.3) is 0 Å². The maximum absolute atomic E-state index is 12.6. The van der Waals surface area contributed by atoms with Gasteiger partial charge in [-0.25, -0.2) is 9.59 Å². The number of rotatable bonds is 3. The molecule has 0 saturated carbocycles. The highest BCUT2D eigenvalue weighted by atomic mass is 16.6. The third-order valence-corrected chi connectivity index (χ3v) is 6.35. The average Bonchev–Trinajstić information content (AvgIpc) is 2.72. The van der Waals surface area contributed by atoms with Gasteiger partial charge in [0.15, 0.2) is 0 Å². The number of carbonyl (C=O) groups is 2. The van der Waals surface area contributed by atoms with Gasteiger partial charge in [-0.1, -0.05) is 30.3 Å². The highest BCUT2D eigenvalue weighted by Crippen LogP contribution is 2.45. The zero-order valence-corrected chi connectivity index (χ0v) is 18.4. The van der Waals surface area contributed by atoms with Crippen LogP contribution in [0.1, 0.15) is 45.6 Å². The molecule has 2 amide bonds. The summed E-state index contributed by atoms with van der Waals surface area (Å²) in [7, 11) is 0. The number of carbonyl (C=O) groups excluding carboxylic acids is 2. The molecule has 166 valence electrons.